The van der Waals surface area contributed by atoms with Crippen molar-refractivity contribution in [1.29, 1.82) is 0 Å². The van der Waals surface area contributed by atoms with E-state index < -0.39 is 0 Å². The predicted molar refractivity (Wildman–Crippen MR) is 99.9 cm³/mol. The number of likely N-dealkylation sites (tertiary alicyclic amines) is 1. The molecule has 1 aromatic heterocycles. The molecule has 1 spiro atoms. The molecule has 1 aromatic carbocycles. The Morgan fingerprint density at radius 2 is 2.04 bits per heavy atom. The zero-order valence-corrected chi connectivity index (χ0v) is 15.5. The van der Waals surface area contributed by atoms with Crippen LogP contribution in [0.15, 0.2) is 30.5 Å². The van der Waals surface area contributed by atoms with Crippen molar-refractivity contribution in [3.63, 3.8) is 0 Å². The normalized spacial score (nSPS) is 19.1. The molecule has 0 aliphatic carbocycles. The van der Waals surface area contributed by atoms with Gasteiger partial charge in [-0.15, -0.1) is 0 Å². The van der Waals surface area contributed by atoms with Crippen LogP contribution < -0.4 is 10.1 Å². The van der Waals surface area contributed by atoms with Gasteiger partial charge in [-0.3, -0.25) is 4.79 Å². The molecule has 0 bridgehead atoms. The summed E-state index contributed by atoms with van der Waals surface area (Å²) in [7, 11) is 1.64. The van der Waals surface area contributed by atoms with Gasteiger partial charge in [-0.1, -0.05) is 6.07 Å². The monoisotopic (exact) mass is 354 g/mol. The fraction of sp³-hybridized carbons (Fsp3) is 0.500. The maximum Gasteiger partial charge on any atom is 0.274 e. The molecule has 2 fully saturated rings. The first-order valence-corrected chi connectivity index (χ1v) is 9.31. The summed E-state index contributed by atoms with van der Waals surface area (Å²) in [5.41, 5.74) is 2.87. The number of aromatic nitrogens is 2. The Labute approximate surface area is 154 Å². The lowest BCUT2D eigenvalue weighted by Crippen LogP contribution is -2.44. The highest BCUT2D eigenvalue weighted by molar-refractivity contribution is 5.92. The van der Waals surface area contributed by atoms with E-state index in [1.54, 1.807) is 17.9 Å². The zero-order chi connectivity index (χ0) is 18.1. The number of hydrogen-bond acceptors (Lipinski definition) is 4. The Morgan fingerprint density at radius 1 is 1.23 bits per heavy atom. The third kappa shape index (κ3) is 3.09. The molecule has 26 heavy (non-hydrogen) atoms. The first kappa shape index (κ1) is 17.1. The van der Waals surface area contributed by atoms with E-state index in [4.69, 9.17) is 4.74 Å². The number of piperidine rings is 1. The molecule has 1 amide bonds. The van der Waals surface area contributed by atoms with E-state index >= 15 is 0 Å². The molecule has 2 aromatic rings. The third-order valence-corrected chi connectivity index (χ3v) is 5.83. The van der Waals surface area contributed by atoms with Crippen LogP contribution in [0.4, 0.5) is 0 Å². The van der Waals surface area contributed by atoms with E-state index in [1.165, 1.54) is 6.42 Å². The van der Waals surface area contributed by atoms with Crippen LogP contribution in [0.1, 0.15) is 35.3 Å². The van der Waals surface area contributed by atoms with E-state index in [2.05, 4.69) is 10.4 Å². The maximum absolute atomic E-state index is 12.9. The molecule has 3 heterocycles. The number of carbonyl (C=O) groups excluding carboxylic acids is 1. The number of nitrogens with zero attached hydrogens (tertiary/aromatic N) is 3. The largest absolute Gasteiger partial charge is 0.494 e. The lowest BCUT2D eigenvalue weighted by atomic mass is 9.78. The number of aryl methyl sites for hydroxylation is 1. The lowest BCUT2D eigenvalue weighted by molar-refractivity contribution is 0.0601. The van der Waals surface area contributed by atoms with Gasteiger partial charge in [0.15, 0.2) is 5.69 Å². The quantitative estimate of drug-likeness (QED) is 0.920. The third-order valence-electron chi connectivity index (χ3n) is 5.83. The molecule has 0 radical (unpaired) electrons. The van der Waals surface area contributed by atoms with Gasteiger partial charge in [0.2, 0.25) is 0 Å². The van der Waals surface area contributed by atoms with Crippen molar-refractivity contribution in [2.45, 2.75) is 26.2 Å². The van der Waals surface area contributed by atoms with E-state index in [9.17, 15) is 4.79 Å². The second-order valence-electron chi connectivity index (χ2n) is 7.54. The number of rotatable bonds is 3. The van der Waals surface area contributed by atoms with Crippen LogP contribution in [-0.2, 0) is 0 Å². The van der Waals surface area contributed by atoms with Gasteiger partial charge >= 0.3 is 0 Å². The van der Waals surface area contributed by atoms with Gasteiger partial charge in [0, 0.05) is 25.8 Å². The Morgan fingerprint density at radius 3 is 2.73 bits per heavy atom. The minimum atomic E-state index is 0.0242. The molecule has 2 aliphatic heterocycles. The SMILES string of the molecule is COc1ccc(C)cc1-n1ccc(C(=O)N2CCC3(CCNC3)CC2)n1. The number of hydrogen-bond donors (Lipinski definition) is 1. The van der Waals surface area contributed by atoms with Crippen molar-refractivity contribution in [2.75, 3.05) is 33.3 Å². The van der Waals surface area contributed by atoms with Gasteiger partial charge in [0.25, 0.3) is 5.91 Å². The summed E-state index contributed by atoms with van der Waals surface area (Å²) in [4.78, 5) is 14.8. The van der Waals surface area contributed by atoms with Crippen LogP contribution in [0.3, 0.4) is 0 Å². The zero-order valence-electron chi connectivity index (χ0n) is 15.5. The molecule has 138 valence electrons. The molecule has 0 atom stereocenters. The molecule has 6 heteroatoms. The Kier molecular flexibility index (Phi) is 4.44. The Balaban J connectivity index is 1.50. The van der Waals surface area contributed by atoms with Crippen molar-refractivity contribution >= 4 is 5.91 Å². The minimum absolute atomic E-state index is 0.0242. The molecule has 0 saturated carbocycles. The summed E-state index contributed by atoms with van der Waals surface area (Å²) < 4.78 is 7.16. The fourth-order valence-electron chi connectivity index (χ4n) is 4.12. The molecule has 6 nitrogen and oxygen atoms in total. The van der Waals surface area contributed by atoms with E-state index in [1.807, 2.05) is 36.2 Å². The van der Waals surface area contributed by atoms with Crippen LogP contribution in [-0.4, -0.2) is 53.9 Å². The number of carbonyl (C=O) groups is 1. The van der Waals surface area contributed by atoms with Crippen LogP contribution >= 0.6 is 0 Å². The van der Waals surface area contributed by atoms with Gasteiger partial charge in [-0.05, 0) is 61.9 Å². The number of benzene rings is 1. The summed E-state index contributed by atoms with van der Waals surface area (Å²) in [6.07, 6.45) is 5.23. The van der Waals surface area contributed by atoms with E-state index in [-0.39, 0.29) is 5.91 Å². The van der Waals surface area contributed by atoms with Crippen molar-refractivity contribution in [3.8, 4) is 11.4 Å². The van der Waals surface area contributed by atoms with Gasteiger partial charge in [0.1, 0.15) is 11.4 Å². The molecular formula is C20H26N4O2. The number of nitrogens with one attached hydrogen (secondary N) is 1. The second kappa shape index (κ2) is 6.76. The summed E-state index contributed by atoms with van der Waals surface area (Å²) in [5, 5.41) is 7.99. The molecule has 1 N–H and O–H groups in total. The fourth-order valence-corrected chi connectivity index (χ4v) is 4.12. The first-order valence-electron chi connectivity index (χ1n) is 9.31. The summed E-state index contributed by atoms with van der Waals surface area (Å²) in [6.45, 7) is 5.87. The van der Waals surface area contributed by atoms with Gasteiger partial charge in [-0.25, -0.2) is 4.68 Å². The van der Waals surface area contributed by atoms with Crippen LogP contribution in [0, 0.1) is 12.3 Å². The predicted octanol–water partition coefficient (Wildman–Crippen LogP) is 2.41. The van der Waals surface area contributed by atoms with Crippen molar-refractivity contribution in [3.05, 3.63) is 41.7 Å². The highest BCUT2D eigenvalue weighted by Gasteiger charge is 2.38. The first-order chi connectivity index (χ1) is 12.6. The summed E-state index contributed by atoms with van der Waals surface area (Å²) in [5.74, 6) is 0.766. The van der Waals surface area contributed by atoms with Crippen LogP contribution in [0.25, 0.3) is 5.69 Å². The average molecular weight is 354 g/mol. The molecule has 4 rings (SSSR count). The standard InChI is InChI=1S/C20H26N4O2/c1-15-3-4-18(26-2)17(13-15)24-10-5-16(22-24)19(25)23-11-7-20(8-12-23)6-9-21-14-20/h3-5,10,13,21H,6-9,11-12,14H2,1-2H3. The number of methoxy groups -OCH3 is 1. The average Bonchev–Trinajstić information content (AvgIpc) is 3.32. The summed E-state index contributed by atoms with van der Waals surface area (Å²) >= 11 is 0. The van der Waals surface area contributed by atoms with Gasteiger partial charge in [-0.2, -0.15) is 5.10 Å². The molecule has 2 aliphatic rings. The summed E-state index contributed by atoms with van der Waals surface area (Å²) in [6, 6.07) is 7.73. The van der Waals surface area contributed by atoms with Crippen LogP contribution in [0.5, 0.6) is 5.75 Å². The van der Waals surface area contributed by atoms with Gasteiger partial charge in [0.05, 0.1) is 7.11 Å². The van der Waals surface area contributed by atoms with Crippen molar-refractivity contribution < 1.29 is 9.53 Å². The minimum Gasteiger partial charge on any atom is -0.494 e. The maximum atomic E-state index is 12.9. The molecule has 0 unspecified atom stereocenters. The number of amides is 1. The lowest BCUT2D eigenvalue weighted by Gasteiger charge is -2.38. The van der Waals surface area contributed by atoms with Crippen molar-refractivity contribution in [2.24, 2.45) is 5.41 Å². The Bertz CT molecular complexity index is 798. The molecular weight excluding hydrogens is 328 g/mol. The van der Waals surface area contributed by atoms with Crippen LogP contribution in [0.2, 0.25) is 0 Å². The molecule has 2 saturated heterocycles. The van der Waals surface area contributed by atoms with Crippen molar-refractivity contribution in [1.82, 2.24) is 20.0 Å². The second-order valence-corrected chi connectivity index (χ2v) is 7.54. The van der Waals surface area contributed by atoms with E-state index in [0.717, 1.165) is 56.0 Å². The smallest absolute Gasteiger partial charge is 0.274 e. The van der Waals surface area contributed by atoms with Gasteiger partial charge < -0.3 is 15.0 Å². The van der Waals surface area contributed by atoms with E-state index in [0.29, 0.717) is 11.1 Å². The Hall–Kier alpha value is -2.34. The topological polar surface area (TPSA) is 59.4 Å². The number of ether oxygens (including phenoxy) is 1. The highest BCUT2D eigenvalue weighted by atomic mass is 16.5. The highest BCUT2D eigenvalue weighted by Crippen LogP contribution is 2.37.